The number of carbonyl (C=O) groups is 3. The molecule has 0 aliphatic rings. The molecule has 0 radical (unpaired) electrons. The molecule has 6 heteroatoms. The number of carboxylic acid groups (broad SMARTS) is 2. The highest BCUT2D eigenvalue weighted by Crippen LogP contribution is 2.17. The Labute approximate surface area is 195 Å². The maximum Gasteiger partial charge on any atom is 0.314 e. The number of carboxylic acids is 2. The molecule has 5 nitrogen and oxygen atoms in total. The first-order chi connectivity index (χ1) is 14.6. The summed E-state index contributed by atoms with van der Waals surface area (Å²) < 4.78 is 0. The molecule has 2 N–H and O–H groups in total. The lowest BCUT2D eigenvalue weighted by Crippen LogP contribution is -2.24. The molecule has 0 saturated heterocycles. The number of rotatable bonds is 14. The number of hydrogen-bond donors (Lipinski definition) is 2. The summed E-state index contributed by atoms with van der Waals surface area (Å²) in [5.74, 6) is -2.58. The molecule has 176 valence electrons. The summed E-state index contributed by atoms with van der Waals surface area (Å²) in [6.45, 7) is 8.22. The molecular formula is C25H39BrO5. The third-order valence-corrected chi connectivity index (χ3v) is 5.71. The van der Waals surface area contributed by atoms with Crippen molar-refractivity contribution in [3.8, 4) is 0 Å². The molecule has 2 unspecified atom stereocenters. The van der Waals surface area contributed by atoms with Gasteiger partial charge in [0.05, 0.1) is 11.2 Å². The molecule has 0 aromatic heterocycles. The van der Waals surface area contributed by atoms with E-state index < -0.39 is 23.8 Å². The van der Waals surface area contributed by atoms with E-state index in [-0.39, 0.29) is 11.1 Å². The van der Waals surface area contributed by atoms with Gasteiger partial charge in [-0.2, -0.15) is 0 Å². The third kappa shape index (κ3) is 13.4. The predicted octanol–water partition coefficient (Wildman–Crippen LogP) is 6.48. The van der Waals surface area contributed by atoms with Crippen LogP contribution >= 0.6 is 15.9 Å². The van der Waals surface area contributed by atoms with Crippen molar-refractivity contribution in [3.63, 3.8) is 0 Å². The van der Waals surface area contributed by atoms with Crippen LogP contribution in [-0.2, 0) is 20.8 Å². The molecule has 0 amide bonds. The van der Waals surface area contributed by atoms with Crippen LogP contribution in [0.4, 0.5) is 0 Å². The molecule has 0 saturated carbocycles. The second-order valence-electron chi connectivity index (χ2n) is 8.45. The van der Waals surface area contributed by atoms with Gasteiger partial charge in [-0.15, -0.1) is 0 Å². The molecule has 0 spiro atoms. The summed E-state index contributed by atoms with van der Waals surface area (Å²) in [4.78, 5) is 32.9. The quantitative estimate of drug-likeness (QED) is 0.174. The van der Waals surface area contributed by atoms with Crippen molar-refractivity contribution in [2.24, 2.45) is 11.8 Å². The predicted molar refractivity (Wildman–Crippen MR) is 129 cm³/mol. The fourth-order valence-electron chi connectivity index (χ4n) is 3.20. The zero-order chi connectivity index (χ0) is 23.8. The number of unbranched alkanes of at least 4 members (excludes halogenated alkanes) is 5. The number of benzene rings is 1. The first-order valence-electron chi connectivity index (χ1n) is 11.3. The lowest BCUT2D eigenvalue weighted by Gasteiger charge is -2.09. The summed E-state index contributed by atoms with van der Waals surface area (Å²) >= 11 is 3.01. The monoisotopic (exact) mass is 498 g/mol. The molecule has 0 aliphatic heterocycles. The van der Waals surface area contributed by atoms with Crippen LogP contribution in [0.15, 0.2) is 24.3 Å². The van der Waals surface area contributed by atoms with Crippen LogP contribution in [0.25, 0.3) is 0 Å². The second-order valence-corrected chi connectivity index (χ2v) is 9.01. The van der Waals surface area contributed by atoms with Gasteiger partial charge in [0, 0.05) is 0 Å². The molecule has 0 heterocycles. The minimum atomic E-state index is -0.988. The van der Waals surface area contributed by atoms with Crippen LogP contribution in [0.2, 0.25) is 0 Å². The van der Waals surface area contributed by atoms with Crippen molar-refractivity contribution in [1.82, 2.24) is 0 Å². The Morgan fingerprint density at radius 1 is 0.871 bits per heavy atom. The van der Waals surface area contributed by atoms with Crippen LogP contribution in [0.1, 0.15) is 89.7 Å². The van der Waals surface area contributed by atoms with Crippen LogP contribution < -0.4 is 0 Å². The molecule has 2 atom stereocenters. The smallest absolute Gasteiger partial charge is 0.314 e. The van der Waals surface area contributed by atoms with Gasteiger partial charge >= 0.3 is 11.9 Å². The first kappa shape index (κ1) is 29.3. The van der Waals surface area contributed by atoms with Crippen LogP contribution in [0.3, 0.4) is 0 Å². The first-order valence-corrected chi connectivity index (χ1v) is 12.4. The van der Waals surface area contributed by atoms with Crippen molar-refractivity contribution in [3.05, 3.63) is 35.4 Å². The van der Waals surface area contributed by atoms with Gasteiger partial charge in [-0.25, -0.2) is 0 Å². The van der Waals surface area contributed by atoms with Gasteiger partial charge in [0.2, 0.25) is 0 Å². The molecule has 1 rings (SSSR count). The molecule has 1 aromatic carbocycles. The fraction of sp³-hybridized carbons (Fsp3) is 0.640. The van der Waals surface area contributed by atoms with Crippen LogP contribution in [0.5, 0.6) is 0 Å². The lowest BCUT2D eigenvalue weighted by molar-refractivity contribution is -0.146. The van der Waals surface area contributed by atoms with Crippen LogP contribution in [0, 0.1) is 11.8 Å². The molecule has 31 heavy (non-hydrogen) atoms. The highest BCUT2D eigenvalue weighted by molar-refractivity contribution is 9.09. The largest absolute Gasteiger partial charge is 0.481 e. The van der Waals surface area contributed by atoms with E-state index in [1.165, 1.54) is 24.8 Å². The van der Waals surface area contributed by atoms with E-state index in [2.05, 4.69) is 36.7 Å². The van der Waals surface area contributed by atoms with E-state index in [0.29, 0.717) is 12.3 Å². The minimum Gasteiger partial charge on any atom is -0.481 e. The van der Waals surface area contributed by atoms with Gasteiger partial charge in [-0.05, 0) is 36.8 Å². The zero-order valence-electron chi connectivity index (χ0n) is 19.4. The Bertz CT molecular complexity index is 654. The van der Waals surface area contributed by atoms with E-state index in [4.69, 9.17) is 10.2 Å². The Hall–Kier alpha value is -1.69. The maximum absolute atomic E-state index is 11.3. The van der Waals surface area contributed by atoms with Gasteiger partial charge in [-0.3, -0.25) is 14.4 Å². The minimum absolute atomic E-state index is 0.139. The average molecular weight is 499 g/mol. The van der Waals surface area contributed by atoms with Crippen molar-refractivity contribution in [2.75, 3.05) is 5.33 Å². The summed E-state index contributed by atoms with van der Waals surface area (Å²) in [5.41, 5.74) is 2.14. The van der Waals surface area contributed by atoms with E-state index in [0.717, 1.165) is 31.2 Å². The Kier molecular flexibility index (Phi) is 16.0. The normalized spacial score (nSPS) is 12.6. The van der Waals surface area contributed by atoms with Crippen molar-refractivity contribution >= 4 is 33.7 Å². The average Bonchev–Trinajstić information content (AvgIpc) is 2.72. The van der Waals surface area contributed by atoms with Crippen molar-refractivity contribution in [1.29, 1.82) is 0 Å². The number of alkyl halides is 1. The SMILES string of the molecule is CC(C)Cc1ccc(C(C)C(=O)O)cc1.CCCCCCCCC(C(=O)O)C(=O)CBr. The van der Waals surface area contributed by atoms with Gasteiger partial charge < -0.3 is 10.2 Å². The van der Waals surface area contributed by atoms with Crippen LogP contribution in [-0.4, -0.2) is 33.3 Å². The summed E-state index contributed by atoms with van der Waals surface area (Å²) in [6, 6.07) is 7.87. The Morgan fingerprint density at radius 3 is 1.87 bits per heavy atom. The highest BCUT2D eigenvalue weighted by Gasteiger charge is 2.24. The summed E-state index contributed by atoms with van der Waals surface area (Å²) in [6.07, 6.45) is 8.18. The van der Waals surface area contributed by atoms with Gasteiger partial charge in [-0.1, -0.05) is 99.5 Å². The third-order valence-electron chi connectivity index (χ3n) is 5.16. The van der Waals surface area contributed by atoms with Gasteiger partial charge in [0.15, 0.2) is 5.78 Å². The van der Waals surface area contributed by atoms with Gasteiger partial charge in [0.25, 0.3) is 0 Å². The van der Waals surface area contributed by atoms with E-state index in [1.807, 2.05) is 24.3 Å². The van der Waals surface area contributed by atoms with E-state index in [1.54, 1.807) is 6.92 Å². The second kappa shape index (κ2) is 16.9. The topological polar surface area (TPSA) is 91.7 Å². The number of carbonyl (C=O) groups excluding carboxylic acids is 1. The Morgan fingerprint density at radius 2 is 1.42 bits per heavy atom. The molecular weight excluding hydrogens is 460 g/mol. The van der Waals surface area contributed by atoms with E-state index >= 15 is 0 Å². The Balaban J connectivity index is 0.000000581. The fourth-order valence-corrected chi connectivity index (χ4v) is 3.59. The number of halogens is 1. The molecule has 0 bridgehead atoms. The lowest BCUT2D eigenvalue weighted by atomic mass is 9.97. The highest BCUT2D eigenvalue weighted by atomic mass is 79.9. The maximum atomic E-state index is 11.3. The molecule has 0 fully saturated rings. The number of hydrogen-bond acceptors (Lipinski definition) is 3. The zero-order valence-corrected chi connectivity index (χ0v) is 21.0. The standard InChI is InChI=1S/C13H18O2.C12H21BrO3/c1-9(2)8-11-4-6-12(7-5-11)10(3)13(14)15;1-2-3-4-5-6-7-8-10(12(15)16)11(14)9-13/h4-7,9-10H,8H2,1-3H3,(H,14,15);10H,2-9H2,1H3,(H,15,16). The van der Waals surface area contributed by atoms with E-state index in [9.17, 15) is 14.4 Å². The number of Topliss-reactive ketones (excluding diaryl/α,β-unsaturated/α-hetero) is 1. The number of ketones is 1. The number of aliphatic carboxylic acids is 2. The summed E-state index contributed by atoms with van der Waals surface area (Å²) in [5, 5.41) is 17.9. The molecule has 1 aromatic rings. The molecule has 0 aliphatic carbocycles. The van der Waals surface area contributed by atoms with Gasteiger partial charge in [0.1, 0.15) is 5.92 Å². The summed E-state index contributed by atoms with van der Waals surface area (Å²) in [7, 11) is 0. The van der Waals surface area contributed by atoms with Crippen molar-refractivity contribution in [2.45, 2.75) is 85.0 Å². The van der Waals surface area contributed by atoms with Crippen molar-refractivity contribution < 1.29 is 24.6 Å².